The number of thioether (sulfide) groups is 1. The molecule has 3 aromatic carbocycles. The number of fused-ring (bicyclic) bond motifs is 1. The van der Waals surface area contributed by atoms with E-state index in [0.29, 0.717) is 41.6 Å². The van der Waals surface area contributed by atoms with Crippen LogP contribution >= 0.6 is 11.8 Å². The highest BCUT2D eigenvalue weighted by Crippen LogP contribution is 2.44. The number of halogens is 2. The summed E-state index contributed by atoms with van der Waals surface area (Å²) in [6, 6.07) is 24.9. The average molecular weight is 745 g/mol. The van der Waals surface area contributed by atoms with Gasteiger partial charge in [-0.3, -0.25) is 0 Å². The number of nitrogens with zero attached hydrogens (tertiary/aromatic N) is 5. The maximum atomic E-state index is 14.0. The summed E-state index contributed by atoms with van der Waals surface area (Å²) in [5, 5.41) is 25.5. The molecular formula is C39H46F2N6O3SSi. The van der Waals surface area contributed by atoms with Crippen molar-refractivity contribution in [2.45, 2.75) is 93.8 Å². The van der Waals surface area contributed by atoms with Crippen LogP contribution in [0.25, 0.3) is 11.2 Å². The summed E-state index contributed by atoms with van der Waals surface area (Å²) < 4.78 is 43.5. The van der Waals surface area contributed by atoms with Crippen LogP contribution in [0.5, 0.6) is 0 Å². The molecule has 0 radical (unpaired) electrons. The number of anilines is 1. The predicted molar refractivity (Wildman–Crippen MR) is 203 cm³/mol. The standard InChI is InChI=1S/C39H46F2N6O3SSi/c1-5-20-51-38-43-36(42-32-23-29(32)25-16-17-30(40)31(41)21-25)35-37(44-38)47(46-45-35)33-22-26(18-19-48)50-34(33)24-49-52(39(2,3)4,27-12-8-6-9-13-27)28-14-10-7-11-15-28/h6-17,21,26,29,32-34,48H,5,18-20,22-24H2,1-4H3,(H,42,43,44)/t26-,29-,32+,33+,34-/m0/s1. The Morgan fingerprint density at radius 1 is 0.981 bits per heavy atom. The summed E-state index contributed by atoms with van der Waals surface area (Å²) in [6.07, 6.45) is 2.22. The molecule has 1 saturated heterocycles. The van der Waals surface area contributed by atoms with Crippen molar-refractivity contribution in [3.8, 4) is 0 Å². The first kappa shape index (κ1) is 36.6. The van der Waals surface area contributed by atoms with Gasteiger partial charge in [0, 0.05) is 24.3 Å². The lowest BCUT2D eigenvalue weighted by molar-refractivity contribution is -0.00384. The molecule has 1 aliphatic heterocycles. The van der Waals surface area contributed by atoms with Crippen LogP contribution in [0.4, 0.5) is 14.6 Å². The van der Waals surface area contributed by atoms with E-state index in [0.717, 1.165) is 24.2 Å². The van der Waals surface area contributed by atoms with E-state index in [1.54, 1.807) is 17.8 Å². The Hall–Kier alpha value is -3.75. The molecule has 52 heavy (non-hydrogen) atoms. The van der Waals surface area contributed by atoms with E-state index in [1.165, 1.54) is 22.5 Å². The normalized spacial score (nSPS) is 21.9. The number of aliphatic hydroxyl groups is 1. The second kappa shape index (κ2) is 15.3. The zero-order chi connectivity index (χ0) is 36.5. The Kier molecular flexibility index (Phi) is 10.8. The van der Waals surface area contributed by atoms with Gasteiger partial charge in [0.2, 0.25) is 0 Å². The first-order chi connectivity index (χ1) is 25.1. The summed E-state index contributed by atoms with van der Waals surface area (Å²) in [5.74, 6) is -0.273. The Morgan fingerprint density at radius 3 is 2.33 bits per heavy atom. The average Bonchev–Trinajstić information content (AvgIpc) is 3.58. The third-order valence-corrected chi connectivity index (χ3v) is 16.2. The van der Waals surface area contributed by atoms with Gasteiger partial charge in [0.05, 0.1) is 18.8 Å². The highest BCUT2D eigenvalue weighted by atomic mass is 32.2. The molecule has 1 aliphatic carbocycles. The van der Waals surface area contributed by atoms with Crippen LogP contribution in [0.1, 0.15) is 70.9 Å². The molecule has 2 N–H and O–H groups in total. The lowest BCUT2D eigenvalue weighted by Crippen LogP contribution is -2.67. The van der Waals surface area contributed by atoms with E-state index in [2.05, 4.69) is 91.9 Å². The summed E-state index contributed by atoms with van der Waals surface area (Å²) >= 11 is 1.57. The Morgan fingerprint density at radius 2 is 1.69 bits per heavy atom. The van der Waals surface area contributed by atoms with Crippen molar-refractivity contribution in [2.75, 3.05) is 24.3 Å². The van der Waals surface area contributed by atoms with Crippen LogP contribution in [0.3, 0.4) is 0 Å². The Balaban J connectivity index is 1.23. The molecular weight excluding hydrogens is 699 g/mol. The van der Waals surface area contributed by atoms with E-state index in [9.17, 15) is 13.9 Å². The molecule has 0 bridgehead atoms. The van der Waals surface area contributed by atoms with Crippen molar-refractivity contribution in [1.29, 1.82) is 0 Å². The summed E-state index contributed by atoms with van der Waals surface area (Å²) in [6.45, 7) is 9.19. The zero-order valence-electron chi connectivity index (χ0n) is 30.0. The summed E-state index contributed by atoms with van der Waals surface area (Å²) in [4.78, 5) is 9.83. The molecule has 5 aromatic rings. The molecule has 0 unspecified atom stereocenters. The number of benzene rings is 3. The van der Waals surface area contributed by atoms with Crippen LogP contribution in [0.2, 0.25) is 5.04 Å². The smallest absolute Gasteiger partial charge is 0.261 e. The molecule has 3 heterocycles. The molecule has 2 aromatic heterocycles. The van der Waals surface area contributed by atoms with Crippen molar-refractivity contribution in [1.82, 2.24) is 25.0 Å². The quantitative estimate of drug-likeness (QED) is 0.0737. The minimum Gasteiger partial charge on any atom is -0.405 e. The third kappa shape index (κ3) is 7.25. The summed E-state index contributed by atoms with van der Waals surface area (Å²) in [5.41, 5.74) is 1.87. The maximum Gasteiger partial charge on any atom is 0.261 e. The number of ether oxygens (including phenoxy) is 1. The van der Waals surface area contributed by atoms with Crippen LogP contribution < -0.4 is 15.7 Å². The van der Waals surface area contributed by atoms with Crippen LogP contribution in [-0.2, 0) is 9.16 Å². The molecule has 9 nitrogen and oxygen atoms in total. The molecule has 0 amide bonds. The molecule has 0 spiro atoms. The van der Waals surface area contributed by atoms with Crippen LogP contribution in [0.15, 0.2) is 84.0 Å². The first-order valence-electron chi connectivity index (χ1n) is 18.1. The van der Waals surface area contributed by atoms with Crippen LogP contribution in [-0.4, -0.2) is 75.6 Å². The van der Waals surface area contributed by atoms with Crippen molar-refractivity contribution >= 4 is 47.4 Å². The SMILES string of the molecule is CCCSc1nc(N[C@@H]2C[C@H]2c2ccc(F)c(F)c2)c2nnn([C@@H]3C[C@H](CCO)O[C@H]3CO[Si](c3ccccc3)(c3ccccc3)C(C)(C)C)c2n1. The lowest BCUT2D eigenvalue weighted by Gasteiger charge is -2.43. The van der Waals surface area contributed by atoms with Gasteiger partial charge < -0.3 is 19.6 Å². The van der Waals surface area contributed by atoms with Gasteiger partial charge in [-0.25, -0.2) is 23.4 Å². The number of aromatic nitrogens is 5. The van der Waals surface area contributed by atoms with E-state index in [-0.39, 0.29) is 41.9 Å². The van der Waals surface area contributed by atoms with Crippen molar-refractivity contribution in [3.05, 3.63) is 96.1 Å². The first-order valence-corrected chi connectivity index (χ1v) is 21.0. The van der Waals surface area contributed by atoms with Crippen molar-refractivity contribution < 1.29 is 23.1 Å². The lowest BCUT2D eigenvalue weighted by atomic mass is 10.1. The van der Waals surface area contributed by atoms with E-state index >= 15 is 0 Å². The van der Waals surface area contributed by atoms with Gasteiger partial charge in [-0.1, -0.05) is 111 Å². The minimum absolute atomic E-state index is 0.00628. The van der Waals surface area contributed by atoms with Gasteiger partial charge in [-0.2, -0.15) is 0 Å². The molecule has 2 fully saturated rings. The highest BCUT2D eigenvalue weighted by molar-refractivity contribution is 7.99. The van der Waals surface area contributed by atoms with E-state index < -0.39 is 20.0 Å². The fourth-order valence-electron chi connectivity index (χ4n) is 7.55. The van der Waals surface area contributed by atoms with Gasteiger partial charge in [0.1, 0.15) is 6.10 Å². The molecule has 1 saturated carbocycles. The largest absolute Gasteiger partial charge is 0.405 e. The molecule has 274 valence electrons. The van der Waals surface area contributed by atoms with Crippen LogP contribution in [0, 0.1) is 11.6 Å². The molecule has 13 heteroatoms. The second-order valence-electron chi connectivity index (χ2n) is 14.8. The Labute approximate surface area is 308 Å². The van der Waals surface area contributed by atoms with Gasteiger partial charge in [0.15, 0.2) is 33.8 Å². The third-order valence-electron chi connectivity index (χ3n) is 10.2. The van der Waals surface area contributed by atoms with E-state index in [4.69, 9.17) is 19.1 Å². The number of hydrogen-bond acceptors (Lipinski definition) is 9. The fourth-order valence-corrected chi connectivity index (χ4v) is 12.8. The second-order valence-corrected chi connectivity index (χ2v) is 20.1. The topological polar surface area (TPSA) is 107 Å². The minimum atomic E-state index is -2.87. The van der Waals surface area contributed by atoms with Gasteiger partial charge in [-0.05, 0) is 58.8 Å². The molecule has 5 atom stereocenters. The van der Waals surface area contributed by atoms with Gasteiger partial charge in [0.25, 0.3) is 8.32 Å². The van der Waals surface area contributed by atoms with Gasteiger partial charge in [-0.15, -0.1) is 5.10 Å². The van der Waals surface area contributed by atoms with Gasteiger partial charge >= 0.3 is 0 Å². The van der Waals surface area contributed by atoms with Crippen molar-refractivity contribution in [2.24, 2.45) is 0 Å². The number of rotatable bonds is 14. The predicted octanol–water partition coefficient (Wildman–Crippen LogP) is 6.63. The summed E-state index contributed by atoms with van der Waals surface area (Å²) in [7, 11) is -2.87. The molecule has 7 rings (SSSR count). The maximum absolute atomic E-state index is 14.0. The Bertz CT molecular complexity index is 1940. The van der Waals surface area contributed by atoms with Crippen molar-refractivity contribution in [3.63, 3.8) is 0 Å². The number of aliphatic hydroxyl groups excluding tert-OH is 1. The van der Waals surface area contributed by atoms with E-state index in [1.807, 2.05) is 16.8 Å². The monoisotopic (exact) mass is 744 g/mol. The highest BCUT2D eigenvalue weighted by Gasteiger charge is 2.51. The zero-order valence-corrected chi connectivity index (χ0v) is 31.8. The number of hydrogen-bond donors (Lipinski definition) is 2. The number of nitrogens with one attached hydrogen (secondary N) is 1. The fraction of sp³-hybridized carbons (Fsp3) is 0.436. The molecule has 2 aliphatic rings.